The summed E-state index contributed by atoms with van der Waals surface area (Å²) in [7, 11) is -3.92. The molecule has 0 saturated carbocycles. The third-order valence-corrected chi connectivity index (χ3v) is 5.73. The highest BCUT2D eigenvalue weighted by Crippen LogP contribution is 2.26. The molecule has 1 N–H and O–H groups in total. The van der Waals surface area contributed by atoms with Gasteiger partial charge in [0.2, 0.25) is 5.91 Å². The van der Waals surface area contributed by atoms with Crippen LogP contribution in [-0.4, -0.2) is 29.2 Å². The van der Waals surface area contributed by atoms with Crippen molar-refractivity contribution in [1.29, 1.82) is 0 Å². The van der Waals surface area contributed by atoms with Crippen LogP contribution in [0.4, 0.5) is 5.82 Å². The Morgan fingerprint density at radius 3 is 2.61 bits per heavy atom. The average Bonchev–Trinajstić information content (AvgIpc) is 2.96. The molecule has 2 rings (SSSR count). The Morgan fingerprint density at radius 1 is 1.39 bits per heavy atom. The first-order chi connectivity index (χ1) is 10.7. The zero-order chi connectivity index (χ0) is 17.3. The van der Waals surface area contributed by atoms with Crippen molar-refractivity contribution in [2.24, 2.45) is 0 Å². The average molecular weight is 335 g/mol. The number of hydrogen-bond donors (Lipinski definition) is 1. The summed E-state index contributed by atoms with van der Waals surface area (Å²) in [6.07, 6.45) is 2.67. The summed E-state index contributed by atoms with van der Waals surface area (Å²) in [5.41, 5.74) is 0.639. The SMILES string of the molecule is C=C(C)c1cc(NC(=O)C(C)(C)S(=O)(=O)c2cccnc2)no1. The van der Waals surface area contributed by atoms with E-state index in [1.165, 1.54) is 44.4 Å². The zero-order valence-corrected chi connectivity index (χ0v) is 13.8. The van der Waals surface area contributed by atoms with E-state index < -0.39 is 20.5 Å². The number of anilines is 1. The number of allylic oxidation sites excluding steroid dienone is 1. The van der Waals surface area contributed by atoms with E-state index in [1.54, 1.807) is 6.92 Å². The number of hydrogen-bond acceptors (Lipinski definition) is 6. The molecule has 2 aromatic heterocycles. The maximum Gasteiger partial charge on any atom is 0.246 e. The number of pyridine rings is 1. The zero-order valence-electron chi connectivity index (χ0n) is 13.0. The van der Waals surface area contributed by atoms with Gasteiger partial charge in [0.25, 0.3) is 0 Å². The number of carbonyl (C=O) groups excluding carboxylic acids is 1. The topological polar surface area (TPSA) is 102 Å². The fraction of sp³-hybridized carbons (Fsp3) is 0.267. The Kier molecular flexibility index (Phi) is 4.37. The highest BCUT2D eigenvalue weighted by Gasteiger charge is 2.43. The second-order valence-corrected chi connectivity index (χ2v) is 8.01. The van der Waals surface area contributed by atoms with Crippen LogP contribution in [0.15, 0.2) is 46.6 Å². The lowest BCUT2D eigenvalue weighted by molar-refractivity contribution is -0.117. The van der Waals surface area contributed by atoms with Gasteiger partial charge in [0.05, 0.1) is 4.90 Å². The van der Waals surface area contributed by atoms with E-state index in [4.69, 9.17) is 4.52 Å². The van der Waals surface area contributed by atoms with Crippen LogP contribution < -0.4 is 5.32 Å². The lowest BCUT2D eigenvalue weighted by atomic mass is 10.2. The molecule has 0 aliphatic heterocycles. The minimum absolute atomic E-state index is 0.0251. The molecule has 0 fully saturated rings. The van der Waals surface area contributed by atoms with Crippen molar-refractivity contribution in [3.63, 3.8) is 0 Å². The molecule has 0 aliphatic carbocycles. The first-order valence-corrected chi connectivity index (χ1v) is 8.23. The number of aromatic nitrogens is 2. The van der Waals surface area contributed by atoms with Gasteiger partial charge in [-0.05, 0) is 38.5 Å². The Bertz CT molecular complexity index is 839. The highest BCUT2D eigenvalue weighted by molar-refractivity contribution is 7.93. The fourth-order valence-corrected chi connectivity index (χ4v) is 3.07. The van der Waals surface area contributed by atoms with Crippen LogP contribution in [0.5, 0.6) is 0 Å². The van der Waals surface area contributed by atoms with Gasteiger partial charge in [-0.3, -0.25) is 9.78 Å². The lowest BCUT2D eigenvalue weighted by Gasteiger charge is -2.22. The standard InChI is InChI=1S/C15H17N3O4S/c1-10(2)12-8-13(18-22-12)17-14(19)15(3,4)23(20,21)11-6-5-7-16-9-11/h5-9H,1H2,2-4H3,(H,17,18,19). The largest absolute Gasteiger partial charge is 0.354 e. The van der Waals surface area contributed by atoms with Crippen LogP contribution >= 0.6 is 0 Å². The molecule has 0 spiro atoms. The van der Waals surface area contributed by atoms with Gasteiger partial charge in [-0.1, -0.05) is 11.7 Å². The molecule has 0 radical (unpaired) electrons. The van der Waals surface area contributed by atoms with Crippen molar-refractivity contribution in [2.45, 2.75) is 30.4 Å². The molecule has 0 aliphatic rings. The summed E-state index contributed by atoms with van der Waals surface area (Å²) in [5.74, 6) is -0.182. The van der Waals surface area contributed by atoms with Gasteiger partial charge >= 0.3 is 0 Å². The summed E-state index contributed by atoms with van der Waals surface area (Å²) < 4.78 is 28.6. The quantitative estimate of drug-likeness (QED) is 0.899. The number of sulfone groups is 1. The number of rotatable bonds is 5. The van der Waals surface area contributed by atoms with E-state index >= 15 is 0 Å². The van der Waals surface area contributed by atoms with Crippen LogP contribution in [0.25, 0.3) is 5.57 Å². The van der Waals surface area contributed by atoms with E-state index in [9.17, 15) is 13.2 Å². The third-order valence-electron chi connectivity index (χ3n) is 3.34. The molecule has 122 valence electrons. The Balaban J connectivity index is 2.27. The van der Waals surface area contributed by atoms with Crippen molar-refractivity contribution >= 4 is 27.1 Å². The summed E-state index contributed by atoms with van der Waals surface area (Å²) in [4.78, 5) is 16.2. The second kappa shape index (κ2) is 5.96. The van der Waals surface area contributed by atoms with E-state index in [2.05, 4.69) is 22.0 Å². The van der Waals surface area contributed by atoms with Crippen molar-refractivity contribution < 1.29 is 17.7 Å². The molecule has 8 heteroatoms. The summed E-state index contributed by atoms with van der Waals surface area (Å²) >= 11 is 0. The molecule has 7 nitrogen and oxygen atoms in total. The van der Waals surface area contributed by atoms with Gasteiger partial charge in [-0.2, -0.15) is 0 Å². The molecule has 0 saturated heterocycles. The van der Waals surface area contributed by atoms with Crippen LogP contribution in [0.1, 0.15) is 26.5 Å². The molecule has 2 heterocycles. The molecule has 0 atom stereocenters. The second-order valence-electron chi connectivity index (χ2n) is 5.51. The molecule has 2 aromatic rings. The van der Waals surface area contributed by atoms with Crippen LogP contribution in [-0.2, 0) is 14.6 Å². The highest BCUT2D eigenvalue weighted by atomic mass is 32.2. The van der Waals surface area contributed by atoms with Gasteiger partial charge < -0.3 is 9.84 Å². The van der Waals surface area contributed by atoms with Gasteiger partial charge in [0.1, 0.15) is 4.75 Å². The van der Waals surface area contributed by atoms with Gasteiger partial charge in [0.15, 0.2) is 21.4 Å². The number of nitrogens with one attached hydrogen (secondary N) is 1. The summed E-state index contributed by atoms with van der Waals surface area (Å²) in [6, 6.07) is 4.37. The Morgan fingerprint density at radius 2 is 2.09 bits per heavy atom. The molecule has 1 amide bonds. The van der Waals surface area contributed by atoms with E-state index in [-0.39, 0.29) is 10.7 Å². The van der Waals surface area contributed by atoms with E-state index in [0.717, 1.165) is 0 Å². The van der Waals surface area contributed by atoms with E-state index in [1.807, 2.05) is 0 Å². The van der Waals surface area contributed by atoms with Gasteiger partial charge in [-0.15, -0.1) is 0 Å². The molecular weight excluding hydrogens is 318 g/mol. The van der Waals surface area contributed by atoms with Crippen molar-refractivity contribution in [3.05, 3.63) is 42.9 Å². The van der Waals surface area contributed by atoms with Crippen LogP contribution in [0, 0.1) is 0 Å². The first-order valence-electron chi connectivity index (χ1n) is 6.75. The minimum Gasteiger partial charge on any atom is -0.354 e. The summed E-state index contributed by atoms with van der Waals surface area (Å²) in [6.45, 7) is 8.07. The smallest absolute Gasteiger partial charge is 0.246 e. The minimum atomic E-state index is -3.92. The fourth-order valence-electron chi connectivity index (χ4n) is 1.72. The molecule has 23 heavy (non-hydrogen) atoms. The summed E-state index contributed by atoms with van der Waals surface area (Å²) in [5, 5.41) is 6.12. The first kappa shape index (κ1) is 16.9. The van der Waals surface area contributed by atoms with Crippen molar-refractivity contribution in [3.8, 4) is 0 Å². The number of amides is 1. The third kappa shape index (κ3) is 3.16. The normalized spacial score (nSPS) is 12.0. The predicted molar refractivity (Wildman–Crippen MR) is 85.3 cm³/mol. The molecule has 0 unspecified atom stereocenters. The number of carbonyl (C=O) groups is 1. The molecule has 0 bridgehead atoms. The monoisotopic (exact) mass is 335 g/mol. The Hall–Kier alpha value is -2.48. The van der Waals surface area contributed by atoms with Gasteiger partial charge in [0, 0.05) is 18.5 Å². The molecular formula is C15H17N3O4S. The maximum absolute atomic E-state index is 12.6. The van der Waals surface area contributed by atoms with E-state index in [0.29, 0.717) is 11.3 Å². The number of nitrogens with zero attached hydrogens (tertiary/aromatic N) is 2. The van der Waals surface area contributed by atoms with Crippen LogP contribution in [0.2, 0.25) is 0 Å². The molecule has 0 aromatic carbocycles. The van der Waals surface area contributed by atoms with Crippen molar-refractivity contribution in [1.82, 2.24) is 10.1 Å². The lowest BCUT2D eigenvalue weighted by Crippen LogP contribution is -2.44. The van der Waals surface area contributed by atoms with Crippen molar-refractivity contribution in [2.75, 3.05) is 5.32 Å². The predicted octanol–water partition coefficient (Wildman–Crippen LogP) is 2.29. The maximum atomic E-state index is 12.6. The Labute approximate surface area is 134 Å². The van der Waals surface area contributed by atoms with Crippen LogP contribution in [0.3, 0.4) is 0 Å². The van der Waals surface area contributed by atoms with Gasteiger partial charge in [-0.25, -0.2) is 8.42 Å².